The number of carboxylic acid groups (broad SMARTS) is 1. The number of rotatable bonds is 7. The summed E-state index contributed by atoms with van der Waals surface area (Å²) in [5, 5.41) is 14.2. The Labute approximate surface area is 201 Å². The first-order valence-electron chi connectivity index (χ1n) is 10.5. The number of aromatic carboxylic acids is 1. The zero-order valence-corrected chi connectivity index (χ0v) is 18.7. The van der Waals surface area contributed by atoms with Crippen molar-refractivity contribution >= 4 is 35.3 Å². The molecule has 0 heterocycles. The van der Waals surface area contributed by atoms with Crippen molar-refractivity contribution in [2.24, 2.45) is 0 Å². The fourth-order valence-corrected chi connectivity index (χ4v) is 4.11. The van der Waals surface area contributed by atoms with Gasteiger partial charge < -0.3 is 20.5 Å². The summed E-state index contributed by atoms with van der Waals surface area (Å²) in [5.41, 5.74) is 4.86. The highest BCUT2D eigenvalue weighted by Gasteiger charge is 2.28. The number of amides is 2. The van der Waals surface area contributed by atoms with Crippen LogP contribution < -0.4 is 10.6 Å². The van der Waals surface area contributed by atoms with Gasteiger partial charge in [-0.05, 0) is 40.5 Å². The summed E-state index contributed by atoms with van der Waals surface area (Å²) in [4.78, 5) is 35.1. The number of ether oxygens (including phenoxy) is 1. The van der Waals surface area contributed by atoms with Gasteiger partial charge in [0.25, 0.3) is 0 Å². The minimum Gasteiger partial charge on any atom is -0.478 e. The number of anilines is 1. The highest BCUT2D eigenvalue weighted by atomic mass is 35.5. The topological polar surface area (TPSA) is 105 Å². The summed E-state index contributed by atoms with van der Waals surface area (Å²) in [6.07, 6.45) is 2.13. The number of carbonyl (C=O) groups is 3. The van der Waals surface area contributed by atoms with Gasteiger partial charge in [0.15, 0.2) is 0 Å². The van der Waals surface area contributed by atoms with E-state index in [9.17, 15) is 14.4 Å². The summed E-state index contributed by atoms with van der Waals surface area (Å²) >= 11 is 6.00. The van der Waals surface area contributed by atoms with Crippen molar-refractivity contribution in [3.8, 4) is 11.1 Å². The summed E-state index contributed by atoms with van der Waals surface area (Å²) in [5.74, 6) is -1.62. The third kappa shape index (κ3) is 5.10. The summed E-state index contributed by atoms with van der Waals surface area (Å²) in [6.45, 7) is 0.296. The van der Waals surface area contributed by atoms with E-state index in [0.29, 0.717) is 0 Å². The molecule has 0 saturated carbocycles. The fraction of sp³-hybridized carbons (Fsp3) is 0.115. The van der Waals surface area contributed by atoms with Crippen LogP contribution >= 0.6 is 11.6 Å². The van der Waals surface area contributed by atoms with E-state index in [1.54, 1.807) is 0 Å². The van der Waals surface area contributed by atoms with E-state index in [2.05, 4.69) is 22.8 Å². The third-order valence-corrected chi connectivity index (χ3v) is 5.76. The van der Waals surface area contributed by atoms with Crippen molar-refractivity contribution in [3.05, 3.63) is 101 Å². The van der Waals surface area contributed by atoms with Crippen molar-refractivity contribution in [2.75, 3.05) is 18.5 Å². The second-order valence-electron chi connectivity index (χ2n) is 7.60. The Bertz CT molecular complexity index is 1240. The van der Waals surface area contributed by atoms with Crippen LogP contribution in [-0.4, -0.2) is 36.2 Å². The molecule has 0 saturated heterocycles. The maximum Gasteiger partial charge on any atom is 0.407 e. The number of alkyl carbamates (subject to hydrolysis) is 1. The number of hydrogen-bond donors (Lipinski definition) is 3. The molecule has 2 amide bonds. The van der Waals surface area contributed by atoms with E-state index in [1.165, 1.54) is 30.4 Å². The third-order valence-electron chi connectivity index (χ3n) is 5.45. The van der Waals surface area contributed by atoms with Gasteiger partial charge in [-0.15, -0.1) is 0 Å². The highest BCUT2D eigenvalue weighted by Crippen LogP contribution is 2.44. The quantitative estimate of drug-likeness (QED) is 0.413. The van der Waals surface area contributed by atoms with E-state index in [0.717, 1.165) is 22.3 Å². The number of hydrogen-bond acceptors (Lipinski definition) is 4. The molecule has 0 unspecified atom stereocenters. The molecule has 3 aromatic carbocycles. The molecule has 1 aliphatic rings. The Morgan fingerprint density at radius 2 is 1.62 bits per heavy atom. The number of carbonyl (C=O) groups excluding carboxylic acids is 2. The Kier molecular flexibility index (Phi) is 6.94. The van der Waals surface area contributed by atoms with Crippen LogP contribution in [-0.2, 0) is 9.53 Å². The average molecular weight is 477 g/mol. The van der Waals surface area contributed by atoms with Gasteiger partial charge >= 0.3 is 12.1 Å². The van der Waals surface area contributed by atoms with Gasteiger partial charge in [-0.25, -0.2) is 9.59 Å². The van der Waals surface area contributed by atoms with Crippen LogP contribution in [0.5, 0.6) is 0 Å². The van der Waals surface area contributed by atoms with Crippen molar-refractivity contribution < 1.29 is 24.2 Å². The maximum absolute atomic E-state index is 12.2. The van der Waals surface area contributed by atoms with Gasteiger partial charge in [-0.3, -0.25) is 4.79 Å². The molecule has 0 bridgehead atoms. The van der Waals surface area contributed by atoms with Crippen molar-refractivity contribution in [3.63, 3.8) is 0 Å². The van der Waals surface area contributed by atoms with Gasteiger partial charge in [0, 0.05) is 18.5 Å². The Morgan fingerprint density at radius 1 is 0.971 bits per heavy atom. The zero-order chi connectivity index (χ0) is 24.1. The predicted molar refractivity (Wildman–Crippen MR) is 129 cm³/mol. The molecule has 172 valence electrons. The number of benzene rings is 3. The normalized spacial score (nSPS) is 12.1. The van der Waals surface area contributed by atoms with Crippen LogP contribution in [0.1, 0.15) is 27.4 Å². The zero-order valence-electron chi connectivity index (χ0n) is 18.0. The molecule has 1 aliphatic carbocycles. The molecule has 0 radical (unpaired) electrons. The largest absolute Gasteiger partial charge is 0.478 e. The van der Waals surface area contributed by atoms with E-state index in [1.807, 2.05) is 36.4 Å². The second-order valence-corrected chi connectivity index (χ2v) is 8.01. The first-order valence-corrected chi connectivity index (χ1v) is 10.9. The number of nitrogens with one attached hydrogen (secondary N) is 2. The van der Waals surface area contributed by atoms with Crippen LogP contribution in [0.4, 0.5) is 10.5 Å². The molecule has 3 aromatic rings. The summed E-state index contributed by atoms with van der Waals surface area (Å²) in [7, 11) is 0. The van der Waals surface area contributed by atoms with Crippen molar-refractivity contribution in [2.45, 2.75) is 5.92 Å². The molecule has 34 heavy (non-hydrogen) atoms. The molecule has 0 atom stereocenters. The number of fused-ring (bicyclic) bond motifs is 3. The van der Waals surface area contributed by atoms with Gasteiger partial charge in [-0.1, -0.05) is 66.2 Å². The Morgan fingerprint density at radius 3 is 2.24 bits per heavy atom. The molecule has 3 N–H and O–H groups in total. The van der Waals surface area contributed by atoms with Crippen LogP contribution in [0.3, 0.4) is 0 Å². The molecule has 0 fully saturated rings. The maximum atomic E-state index is 12.2. The first-order chi connectivity index (χ1) is 16.4. The molecule has 7 nitrogen and oxygen atoms in total. The van der Waals surface area contributed by atoms with Crippen LogP contribution in [0, 0.1) is 0 Å². The monoisotopic (exact) mass is 476 g/mol. The molecule has 0 aliphatic heterocycles. The van der Waals surface area contributed by atoms with E-state index in [4.69, 9.17) is 21.4 Å². The van der Waals surface area contributed by atoms with E-state index < -0.39 is 18.0 Å². The SMILES string of the molecule is O=C(/C=C/CNC(=O)OCC1c2ccccc2-c2ccccc21)Nc1ccc(C(=O)O)cc1Cl. The molecular weight excluding hydrogens is 456 g/mol. The highest BCUT2D eigenvalue weighted by molar-refractivity contribution is 6.34. The molecular formula is C26H21ClN2O5. The van der Waals surface area contributed by atoms with Gasteiger partial charge in [0.05, 0.1) is 16.3 Å². The second kappa shape index (κ2) is 10.2. The lowest BCUT2D eigenvalue weighted by atomic mass is 9.98. The van der Waals surface area contributed by atoms with Gasteiger partial charge in [-0.2, -0.15) is 0 Å². The number of halogens is 1. The van der Waals surface area contributed by atoms with Crippen LogP contribution in [0.25, 0.3) is 11.1 Å². The standard InChI is InChI=1S/C26H21ClN2O5/c27-22-14-16(25(31)32)11-12-23(22)29-24(30)10-5-13-28-26(33)34-15-21-19-8-3-1-6-17(19)18-7-2-4-9-20(18)21/h1-12,14,21H,13,15H2,(H,28,33)(H,29,30)(H,31,32)/b10-5+. The Hall–Kier alpha value is -4.10. The summed E-state index contributed by atoms with van der Waals surface area (Å²) in [6, 6.07) is 20.2. The minimum atomic E-state index is -1.11. The van der Waals surface area contributed by atoms with Gasteiger partial charge in [0.1, 0.15) is 6.61 Å². The minimum absolute atomic E-state index is 0.0193. The summed E-state index contributed by atoms with van der Waals surface area (Å²) < 4.78 is 5.44. The van der Waals surface area contributed by atoms with Crippen LogP contribution in [0.2, 0.25) is 5.02 Å². The van der Waals surface area contributed by atoms with Crippen molar-refractivity contribution in [1.82, 2.24) is 5.32 Å². The number of carboxylic acids is 1. The van der Waals surface area contributed by atoms with Crippen molar-refractivity contribution in [1.29, 1.82) is 0 Å². The lowest BCUT2D eigenvalue weighted by molar-refractivity contribution is -0.111. The molecule has 4 rings (SSSR count). The van der Waals surface area contributed by atoms with Crippen LogP contribution in [0.15, 0.2) is 78.9 Å². The smallest absolute Gasteiger partial charge is 0.407 e. The lowest BCUT2D eigenvalue weighted by Crippen LogP contribution is -2.26. The Balaban J connectivity index is 1.26. The fourth-order valence-electron chi connectivity index (χ4n) is 3.88. The molecule has 0 spiro atoms. The molecule has 8 heteroatoms. The average Bonchev–Trinajstić information content (AvgIpc) is 3.15. The lowest BCUT2D eigenvalue weighted by Gasteiger charge is -2.14. The van der Waals surface area contributed by atoms with E-state index >= 15 is 0 Å². The van der Waals surface area contributed by atoms with Gasteiger partial charge in [0.2, 0.25) is 5.91 Å². The van der Waals surface area contributed by atoms with E-state index in [-0.39, 0.29) is 35.3 Å². The first kappa shape index (κ1) is 23.1. The predicted octanol–water partition coefficient (Wildman–Crippen LogP) is 5.07. The molecule has 0 aromatic heterocycles.